The summed E-state index contributed by atoms with van der Waals surface area (Å²) < 4.78 is 33.0. The van der Waals surface area contributed by atoms with E-state index in [1.54, 1.807) is 36.4 Å². The molecule has 0 unspecified atom stereocenters. The zero-order valence-electron chi connectivity index (χ0n) is 12.6. The lowest BCUT2D eigenvalue weighted by atomic mass is 10.2. The van der Waals surface area contributed by atoms with Crippen LogP contribution in [-0.2, 0) is 14.8 Å². The van der Waals surface area contributed by atoms with Gasteiger partial charge in [-0.15, -0.1) is 11.8 Å². The second-order valence-corrected chi connectivity index (χ2v) is 8.27. The number of nitrogens with zero attached hydrogens (tertiary/aromatic N) is 1. The fraction of sp³-hybridized carbons (Fsp3) is 0.188. The van der Waals surface area contributed by atoms with Crippen LogP contribution in [-0.4, -0.2) is 33.2 Å². The van der Waals surface area contributed by atoms with E-state index in [9.17, 15) is 13.2 Å². The summed E-state index contributed by atoms with van der Waals surface area (Å²) in [6, 6.07) is 11.9. The fourth-order valence-electron chi connectivity index (χ4n) is 2.74. The third-order valence-electron chi connectivity index (χ3n) is 3.86. The largest absolute Gasteiger partial charge is 0.489 e. The molecule has 8 heteroatoms. The normalized spacial score (nSPS) is 16.7. The van der Waals surface area contributed by atoms with Gasteiger partial charge in [-0.1, -0.05) is 12.1 Å². The molecule has 2 aliphatic rings. The number of hydrogen-bond acceptors (Lipinski definition) is 5. The van der Waals surface area contributed by atoms with Crippen molar-refractivity contribution < 1.29 is 17.9 Å². The third kappa shape index (κ3) is 2.51. The standard InChI is InChI=1S/C16H14N2O4S2/c19-16-10-23-15-6-5-11(9-12(15)17-16)24(20,21)18-7-8-22-14-4-2-1-3-13(14)18/h1-6,9H,7-8,10H2,(H,17,19). The van der Waals surface area contributed by atoms with Gasteiger partial charge in [-0.05, 0) is 30.3 Å². The van der Waals surface area contributed by atoms with Gasteiger partial charge in [0.15, 0.2) is 0 Å². The number of thioether (sulfide) groups is 1. The van der Waals surface area contributed by atoms with Gasteiger partial charge in [0.2, 0.25) is 5.91 Å². The van der Waals surface area contributed by atoms with Crippen molar-refractivity contribution in [3.63, 3.8) is 0 Å². The van der Waals surface area contributed by atoms with E-state index < -0.39 is 10.0 Å². The molecule has 1 N–H and O–H groups in total. The first kappa shape index (κ1) is 15.3. The average Bonchev–Trinajstić information content (AvgIpc) is 2.60. The highest BCUT2D eigenvalue weighted by molar-refractivity contribution is 8.00. The first-order valence-electron chi connectivity index (χ1n) is 7.37. The molecule has 6 nitrogen and oxygen atoms in total. The maximum absolute atomic E-state index is 13.1. The Labute approximate surface area is 143 Å². The Kier molecular flexibility index (Phi) is 3.65. The summed E-state index contributed by atoms with van der Waals surface area (Å²) >= 11 is 1.40. The zero-order chi connectivity index (χ0) is 16.7. The van der Waals surface area contributed by atoms with Crippen LogP contribution >= 0.6 is 11.8 Å². The highest BCUT2D eigenvalue weighted by atomic mass is 32.2. The third-order valence-corrected chi connectivity index (χ3v) is 6.74. The number of nitrogens with one attached hydrogen (secondary N) is 1. The maximum Gasteiger partial charge on any atom is 0.264 e. The van der Waals surface area contributed by atoms with Gasteiger partial charge in [-0.25, -0.2) is 8.42 Å². The Bertz CT molecular complexity index is 927. The van der Waals surface area contributed by atoms with Gasteiger partial charge in [0.1, 0.15) is 12.4 Å². The summed E-state index contributed by atoms with van der Waals surface area (Å²) in [4.78, 5) is 12.6. The van der Waals surface area contributed by atoms with Crippen LogP contribution in [0.3, 0.4) is 0 Å². The van der Waals surface area contributed by atoms with Crippen LogP contribution < -0.4 is 14.4 Å². The van der Waals surface area contributed by atoms with Crippen molar-refractivity contribution in [1.82, 2.24) is 0 Å². The molecule has 2 aromatic carbocycles. The summed E-state index contributed by atoms with van der Waals surface area (Å²) in [5.41, 5.74) is 1.07. The number of para-hydroxylation sites is 2. The molecule has 1 amide bonds. The van der Waals surface area contributed by atoms with Crippen molar-refractivity contribution in [3.8, 4) is 5.75 Å². The van der Waals surface area contributed by atoms with Crippen LogP contribution in [0.4, 0.5) is 11.4 Å². The van der Waals surface area contributed by atoms with Gasteiger partial charge in [0, 0.05) is 4.90 Å². The van der Waals surface area contributed by atoms with Crippen molar-refractivity contribution in [2.75, 3.05) is 28.5 Å². The number of sulfonamides is 1. The van der Waals surface area contributed by atoms with Crippen LogP contribution in [0.1, 0.15) is 0 Å². The molecule has 0 atom stereocenters. The number of ether oxygens (including phenoxy) is 1. The van der Waals surface area contributed by atoms with Crippen LogP contribution in [0.25, 0.3) is 0 Å². The van der Waals surface area contributed by atoms with Crippen molar-refractivity contribution in [2.45, 2.75) is 9.79 Å². The van der Waals surface area contributed by atoms with E-state index in [0.717, 1.165) is 4.90 Å². The number of carbonyl (C=O) groups excluding carboxylic acids is 1. The Morgan fingerprint density at radius 3 is 2.88 bits per heavy atom. The molecule has 24 heavy (non-hydrogen) atoms. The second kappa shape index (κ2) is 5.71. The van der Waals surface area contributed by atoms with E-state index in [2.05, 4.69) is 5.32 Å². The molecule has 0 spiro atoms. The van der Waals surface area contributed by atoms with Gasteiger partial charge in [-0.2, -0.15) is 0 Å². The quantitative estimate of drug-likeness (QED) is 0.887. The molecule has 2 aromatic rings. The van der Waals surface area contributed by atoms with Crippen molar-refractivity contribution >= 4 is 39.1 Å². The Morgan fingerprint density at radius 2 is 2.00 bits per heavy atom. The van der Waals surface area contributed by atoms with Crippen molar-refractivity contribution in [1.29, 1.82) is 0 Å². The van der Waals surface area contributed by atoms with Gasteiger partial charge in [0.25, 0.3) is 10.0 Å². The van der Waals surface area contributed by atoms with Crippen LogP contribution in [0.5, 0.6) is 5.75 Å². The molecule has 0 fully saturated rings. The van der Waals surface area contributed by atoms with Crippen molar-refractivity contribution in [2.24, 2.45) is 0 Å². The molecule has 0 saturated carbocycles. The molecule has 2 heterocycles. The number of hydrogen-bond donors (Lipinski definition) is 1. The van der Waals surface area contributed by atoms with E-state index in [4.69, 9.17) is 4.74 Å². The number of anilines is 2. The molecule has 0 bridgehead atoms. The Morgan fingerprint density at radius 1 is 1.17 bits per heavy atom. The number of rotatable bonds is 2. The molecule has 2 aliphatic heterocycles. The lowest BCUT2D eigenvalue weighted by Gasteiger charge is -2.30. The average molecular weight is 362 g/mol. The molecule has 124 valence electrons. The molecule has 0 aromatic heterocycles. The summed E-state index contributed by atoms with van der Waals surface area (Å²) in [7, 11) is -3.73. The highest BCUT2D eigenvalue weighted by Gasteiger charge is 2.30. The van der Waals surface area contributed by atoms with Crippen LogP contribution in [0.15, 0.2) is 52.3 Å². The molecule has 0 aliphatic carbocycles. The molecule has 4 rings (SSSR count). The second-order valence-electron chi connectivity index (χ2n) is 5.39. The number of benzene rings is 2. The van der Waals surface area contributed by atoms with Crippen LogP contribution in [0.2, 0.25) is 0 Å². The van der Waals surface area contributed by atoms with Gasteiger partial charge < -0.3 is 10.1 Å². The minimum absolute atomic E-state index is 0.126. The van der Waals surface area contributed by atoms with Gasteiger partial charge >= 0.3 is 0 Å². The Balaban J connectivity index is 1.77. The first-order chi connectivity index (χ1) is 11.6. The molecule has 0 saturated heterocycles. The molecule has 0 radical (unpaired) electrons. The van der Waals surface area contributed by atoms with E-state index in [-0.39, 0.29) is 17.3 Å². The minimum Gasteiger partial charge on any atom is -0.489 e. The Hall–Kier alpha value is -2.19. The number of carbonyl (C=O) groups is 1. The smallest absolute Gasteiger partial charge is 0.264 e. The van der Waals surface area contributed by atoms with E-state index >= 15 is 0 Å². The molecular weight excluding hydrogens is 348 g/mol. The lowest BCUT2D eigenvalue weighted by Crippen LogP contribution is -2.38. The zero-order valence-corrected chi connectivity index (χ0v) is 14.2. The summed E-state index contributed by atoms with van der Waals surface area (Å²) in [5, 5.41) is 2.73. The first-order valence-corrected chi connectivity index (χ1v) is 9.79. The topological polar surface area (TPSA) is 75.7 Å². The summed E-state index contributed by atoms with van der Waals surface area (Å²) in [5.74, 6) is 0.767. The molecular formula is C16H14N2O4S2. The van der Waals surface area contributed by atoms with E-state index in [1.807, 2.05) is 0 Å². The predicted octanol–water partition coefficient (Wildman–Crippen LogP) is 2.32. The number of amides is 1. The summed E-state index contributed by atoms with van der Waals surface area (Å²) in [6.07, 6.45) is 0. The van der Waals surface area contributed by atoms with Gasteiger partial charge in [-0.3, -0.25) is 9.10 Å². The van der Waals surface area contributed by atoms with E-state index in [1.165, 1.54) is 22.1 Å². The summed E-state index contributed by atoms with van der Waals surface area (Å²) in [6.45, 7) is 0.547. The monoisotopic (exact) mass is 362 g/mol. The fourth-order valence-corrected chi connectivity index (χ4v) is 5.02. The van der Waals surface area contributed by atoms with Crippen LogP contribution in [0, 0.1) is 0 Å². The minimum atomic E-state index is -3.73. The number of fused-ring (bicyclic) bond motifs is 2. The lowest BCUT2D eigenvalue weighted by molar-refractivity contribution is -0.113. The predicted molar refractivity (Wildman–Crippen MR) is 92.3 cm³/mol. The van der Waals surface area contributed by atoms with E-state index in [0.29, 0.717) is 29.5 Å². The SMILES string of the molecule is O=C1CSc2ccc(S(=O)(=O)N3CCOc4ccccc43)cc2N1. The highest BCUT2D eigenvalue weighted by Crippen LogP contribution is 2.37. The van der Waals surface area contributed by atoms with Crippen molar-refractivity contribution in [3.05, 3.63) is 42.5 Å². The maximum atomic E-state index is 13.1. The van der Waals surface area contributed by atoms with Gasteiger partial charge in [0.05, 0.1) is 28.6 Å².